The van der Waals surface area contributed by atoms with E-state index >= 15 is 0 Å². The van der Waals surface area contributed by atoms with E-state index in [0.29, 0.717) is 6.42 Å². The molecule has 0 bridgehead atoms. The Bertz CT molecular complexity index is 245. The quantitative estimate of drug-likeness (QED) is 0.751. The molecule has 0 aromatic carbocycles. The molecule has 0 aliphatic carbocycles. The van der Waals surface area contributed by atoms with Crippen LogP contribution in [-0.4, -0.2) is 20.8 Å². The Labute approximate surface area is 79.4 Å². The number of nitrogens with zero attached hydrogens (tertiary/aromatic N) is 2. The standard InChI is InChI=1S/C10H18N2O/c1-3-6-12-7-5-11-10(12)8-9(13)4-2/h5,7,9,13H,3-4,6,8H2,1-2H3. The van der Waals surface area contributed by atoms with Crippen molar-refractivity contribution in [2.45, 2.75) is 45.8 Å². The van der Waals surface area contributed by atoms with Crippen LogP contribution in [0.25, 0.3) is 0 Å². The third kappa shape index (κ3) is 2.84. The predicted molar refractivity (Wildman–Crippen MR) is 52.5 cm³/mol. The Balaban J connectivity index is 2.59. The summed E-state index contributed by atoms with van der Waals surface area (Å²) in [6.07, 6.45) is 6.08. The Morgan fingerprint density at radius 1 is 1.54 bits per heavy atom. The lowest BCUT2D eigenvalue weighted by molar-refractivity contribution is 0.167. The first kappa shape index (κ1) is 10.3. The Morgan fingerprint density at radius 3 is 2.92 bits per heavy atom. The van der Waals surface area contributed by atoms with Crippen LogP contribution in [0.1, 0.15) is 32.5 Å². The number of aliphatic hydroxyl groups excluding tert-OH is 1. The molecule has 1 unspecified atom stereocenters. The summed E-state index contributed by atoms with van der Waals surface area (Å²) >= 11 is 0. The van der Waals surface area contributed by atoms with Crippen molar-refractivity contribution in [1.29, 1.82) is 0 Å². The summed E-state index contributed by atoms with van der Waals surface area (Å²) in [5.74, 6) is 0.996. The maximum absolute atomic E-state index is 9.47. The van der Waals surface area contributed by atoms with Gasteiger partial charge in [-0.3, -0.25) is 0 Å². The molecule has 1 rings (SSSR count). The lowest BCUT2D eigenvalue weighted by atomic mass is 10.2. The third-order valence-electron chi connectivity index (χ3n) is 2.16. The fourth-order valence-corrected chi connectivity index (χ4v) is 1.33. The third-order valence-corrected chi connectivity index (χ3v) is 2.16. The lowest BCUT2D eigenvalue weighted by Gasteiger charge is -2.09. The van der Waals surface area contributed by atoms with Gasteiger partial charge in [-0.1, -0.05) is 13.8 Å². The van der Waals surface area contributed by atoms with Gasteiger partial charge in [-0.2, -0.15) is 0 Å². The molecular weight excluding hydrogens is 164 g/mol. The van der Waals surface area contributed by atoms with E-state index in [0.717, 1.165) is 25.2 Å². The van der Waals surface area contributed by atoms with E-state index in [2.05, 4.69) is 16.5 Å². The van der Waals surface area contributed by atoms with Gasteiger partial charge in [0.1, 0.15) is 5.82 Å². The first-order valence-electron chi connectivity index (χ1n) is 4.96. The monoisotopic (exact) mass is 182 g/mol. The van der Waals surface area contributed by atoms with Crippen LogP contribution in [-0.2, 0) is 13.0 Å². The maximum atomic E-state index is 9.47. The van der Waals surface area contributed by atoms with Crippen molar-refractivity contribution < 1.29 is 5.11 Å². The molecule has 0 amide bonds. The van der Waals surface area contributed by atoms with E-state index in [9.17, 15) is 5.11 Å². The molecule has 1 atom stereocenters. The zero-order valence-corrected chi connectivity index (χ0v) is 8.40. The van der Waals surface area contributed by atoms with Crippen molar-refractivity contribution in [2.75, 3.05) is 0 Å². The molecule has 0 radical (unpaired) electrons. The molecular formula is C10H18N2O. The summed E-state index contributed by atoms with van der Waals surface area (Å²) in [5.41, 5.74) is 0. The number of rotatable bonds is 5. The molecule has 0 spiro atoms. The normalized spacial score (nSPS) is 13.2. The van der Waals surface area contributed by atoms with Crippen LogP contribution in [0.2, 0.25) is 0 Å². The van der Waals surface area contributed by atoms with Crippen LogP contribution in [0.5, 0.6) is 0 Å². The van der Waals surface area contributed by atoms with Gasteiger partial charge < -0.3 is 9.67 Å². The minimum absolute atomic E-state index is 0.252. The van der Waals surface area contributed by atoms with Crippen molar-refractivity contribution in [1.82, 2.24) is 9.55 Å². The molecule has 74 valence electrons. The van der Waals surface area contributed by atoms with Gasteiger partial charge in [0.05, 0.1) is 6.10 Å². The molecule has 13 heavy (non-hydrogen) atoms. The molecule has 0 saturated carbocycles. The average molecular weight is 182 g/mol. The highest BCUT2D eigenvalue weighted by molar-refractivity contribution is 4.94. The number of aryl methyl sites for hydroxylation is 1. The maximum Gasteiger partial charge on any atom is 0.111 e. The highest BCUT2D eigenvalue weighted by atomic mass is 16.3. The van der Waals surface area contributed by atoms with Gasteiger partial charge in [-0.05, 0) is 12.8 Å². The highest BCUT2D eigenvalue weighted by Crippen LogP contribution is 2.04. The van der Waals surface area contributed by atoms with E-state index in [4.69, 9.17) is 0 Å². The van der Waals surface area contributed by atoms with Crippen LogP contribution in [0.3, 0.4) is 0 Å². The molecule has 3 heteroatoms. The van der Waals surface area contributed by atoms with Crippen molar-refractivity contribution in [3.05, 3.63) is 18.2 Å². The Kier molecular flexibility index (Phi) is 3.96. The number of hydrogen-bond acceptors (Lipinski definition) is 2. The van der Waals surface area contributed by atoms with E-state index in [1.165, 1.54) is 0 Å². The van der Waals surface area contributed by atoms with Gasteiger partial charge in [0.2, 0.25) is 0 Å². The zero-order chi connectivity index (χ0) is 9.68. The van der Waals surface area contributed by atoms with Crippen LogP contribution in [0, 0.1) is 0 Å². The summed E-state index contributed by atoms with van der Waals surface area (Å²) in [6, 6.07) is 0. The minimum Gasteiger partial charge on any atom is -0.393 e. The summed E-state index contributed by atoms with van der Waals surface area (Å²) < 4.78 is 2.11. The van der Waals surface area contributed by atoms with E-state index in [1.54, 1.807) is 6.20 Å². The van der Waals surface area contributed by atoms with Gasteiger partial charge in [-0.25, -0.2) is 4.98 Å². The molecule has 3 nitrogen and oxygen atoms in total. The molecule has 1 aromatic rings. The second-order valence-electron chi connectivity index (χ2n) is 3.30. The summed E-state index contributed by atoms with van der Waals surface area (Å²) in [7, 11) is 0. The average Bonchev–Trinajstić information content (AvgIpc) is 2.54. The largest absolute Gasteiger partial charge is 0.393 e. The van der Waals surface area contributed by atoms with Crippen molar-refractivity contribution >= 4 is 0 Å². The molecule has 0 saturated heterocycles. The molecule has 1 N–H and O–H groups in total. The summed E-state index contributed by atoms with van der Waals surface area (Å²) in [6.45, 7) is 5.11. The number of aliphatic hydroxyl groups is 1. The second kappa shape index (κ2) is 5.02. The van der Waals surface area contributed by atoms with Gasteiger partial charge >= 0.3 is 0 Å². The smallest absolute Gasteiger partial charge is 0.111 e. The number of aromatic nitrogens is 2. The number of imidazole rings is 1. The molecule has 0 aliphatic rings. The van der Waals surface area contributed by atoms with Gasteiger partial charge in [0.15, 0.2) is 0 Å². The Hall–Kier alpha value is -0.830. The molecule has 0 fully saturated rings. The fraction of sp³-hybridized carbons (Fsp3) is 0.700. The minimum atomic E-state index is -0.252. The summed E-state index contributed by atoms with van der Waals surface area (Å²) in [5, 5.41) is 9.47. The first-order chi connectivity index (χ1) is 6.27. The summed E-state index contributed by atoms with van der Waals surface area (Å²) in [4.78, 5) is 4.23. The van der Waals surface area contributed by atoms with Crippen LogP contribution < -0.4 is 0 Å². The second-order valence-corrected chi connectivity index (χ2v) is 3.30. The van der Waals surface area contributed by atoms with E-state index in [1.807, 2.05) is 13.1 Å². The van der Waals surface area contributed by atoms with E-state index in [-0.39, 0.29) is 6.10 Å². The molecule has 0 aliphatic heterocycles. The van der Waals surface area contributed by atoms with Crippen molar-refractivity contribution in [2.24, 2.45) is 0 Å². The Morgan fingerprint density at radius 2 is 2.31 bits per heavy atom. The first-order valence-corrected chi connectivity index (χ1v) is 4.96. The molecule has 1 heterocycles. The highest BCUT2D eigenvalue weighted by Gasteiger charge is 2.07. The van der Waals surface area contributed by atoms with Gasteiger partial charge in [-0.15, -0.1) is 0 Å². The predicted octanol–water partition coefficient (Wildman–Crippen LogP) is 1.61. The topological polar surface area (TPSA) is 38.0 Å². The van der Waals surface area contributed by atoms with Crippen LogP contribution >= 0.6 is 0 Å². The molecule has 1 aromatic heterocycles. The van der Waals surface area contributed by atoms with Gasteiger partial charge in [0, 0.05) is 25.4 Å². The SMILES string of the molecule is CCCn1ccnc1CC(O)CC. The van der Waals surface area contributed by atoms with Crippen LogP contribution in [0.15, 0.2) is 12.4 Å². The fourth-order valence-electron chi connectivity index (χ4n) is 1.33. The van der Waals surface area contributed by atoms with Crippen molar-refractivity contribution in [3.8, 4) is 0 Å². The number of hydrogen-bond donors (Lipinski definition) is 1. The zero-order valence-electron chi connectivity index (χ0n) is 8.40. The van der Waals surface area contributed by atoms with Crippen molar-refractivity contribution in [3.63, 3.8) is 0 Å². The lowest BCUT2D eigenvalue weighted by Crippen LogP contribution is -2.13. The van der Waals surface area contributed by atoms with Gasteiger partial charge in [0.25, 0.3) is 0 Å². The van der Waals surface area contributed by atoms with E-state index < -0.39 is 0 Å². The van der Waals surface area contributed by atoms with Crippen LogP contribution in [0.4, 0.5) is 0 Å².